The van der Waals surface area contributed by atoms with Gasteiger partial charge in [-0.2, -0.15) is 0 Å². The smallest absolute Gasteiger partial charge is 0.304 e. The highest BCUT2D eigenvalue weighted by atomic mass is 35.5. The van der Waals surface area contributed by atoms with E-state index in [-0.39, 0.29) is 30.7 Å². The molecule has 1 aliphatic rings. The van der Waals surface area contributed by atoms with Crippen LogP contribution in [0.3, 0.4) is 0 Å². The summed E-state index contributed by atoms with van der Waals surface area (Å²) in [7, 11) is 0. The Morgan fingerprint density at radius 2 is 1.87 bits per heavy atom. The Morgan fingerprint density at radius 1 is 1.19 bits per heavy atom. The van der Waals surface area contributed by atoms with Crippen LogP contribution in [0.4, 0.5) is 0 Å². The first-order valence-corrected chi connectivity index (χ1v) is 10.9. The lowest BCUT2D eigenvalue weighted by molar-refractivity contribution is -0.160. The van der Waals surface area contributed by atoms with E-state index in [9.17, 15) is 19.5 Å². The summed E-state index contributed by atoms with van der Waals surface area (Å²) in [6.45, 7) is 3.51. The molecule has 1 N–H and O–H groups in total. The lowest BCUT2D eigenvalue weighted by atomic mass is 9.67. The Hall–Kier alpha value is -2.37. The highest BCUT2D eigenvalue weighted by Crippen LogP contribution is 2.52. The molecule has 2 aromatic rings. The Bertz CT molecular complexity index is 978. The predicted octanol–water partition coefficient (Wildman–Crippen LogP) is 5.51. The third kappa shape index (κ3) is 4.94. The van der Waals surface area contributed by atoms with E-state index in [0.717, 1.165) is 17.4 Å². The van der Waals surface area contributed by atoms with Gasteiger partial charge in [0.2, 0.25) is 5.91 Å². The normalized spacial score (nSPS) is 24.6. The van der Waals surface area contributed by atoms with E-state index in [2.05, 4.69) is 0 Å². The lowest BCUT2D eigenvalue weighted by Crippen LogP contribution is -2.55. The molecule has 0 aliphatic carbocycles. The molecule has 0 aromatic heterocycles. The number of benzene rings is 2. The first-order chi connectivity index (χ1) is 14.7. The number of carboxylic acid groups (broad SMARTS) is 1. The van der Waals surface area contributed by atoms with Crippen LogP contribution in [0, 0.1) is 5.41 Å². The zero-order valence-electron chi connectivity index (χ0n) is 17.4. The average Bonchev–Trinajstić information content (AvgIpc) is 2.70. The number of piperidine rings is 1. The Balaban J connectivity index is 2.21. The highest BCUT2D eigenvalue weighted by Gasteiger charge is 2.51. The van der Waals surface area contributed by atoms with Crippen LogP contribution in [-0.4, -0.2) is 34.2 Å². The number of aldehydes is 1. The number of halogens is 2. The molecular formula is C24H25Cl2NO4. The standard InChI is InChI=1S/C24H25Cl2NO4/c1-15(10-11-28)27-22(16-6-8-18(25)9-7-16)20(17-4-3-5-19(26)12-17)13-24(2,23(27)31)14-21(29)30/h3-9,11-12,15,20,22H,10,13-14H2,1-2H3,(H,29,30)/t15-,20+,22+,24+/m0/s1. The Morgan fingerprint density at radius 3 is 2.45 bits per heavy atom. The molecule has 1 aliphatic heterocycles. The van der Waals surface area contributed by atoms with Crippen LogP contribution < -0.4 is 0 Å². The van der Waals surface area contributed by atoms with E-state index in [1.807, 2.05) is 37.3 Å². The number of hydrogen-bond acceptors (Lipinski definition) is 3. The summed E-state index contributed by atoms with van der Waals surface area (Å²) in [4.78, 5) is 38.3. The van der Waals surface area contributed by atoms with Crippen molar-refractivity contribution in [2.45, 2.75) is 51.1 Å². The number of carboxylic acids is 1. The van der Waals surface area contributed by atoms with Crippen molar-refractivity contribution in [1.82, 2.24) is 4.90 Å². The van der Waals surface area contributed by atoms with Gasteiger partial charge in [0.05, 0.1) is 17.9 Å². The molecule has 3 rings (SSSR count). The predicted molar refractivity (Wildman–Crippen MR) is 120 cm³/mol. The molecule has 7 heteroatoms. The fourth-order valence-corrected chi connectivity index (χ4v) is 4.94. The summed E-state index contributed by atoms with van der Waals surface area (Å²) < 4.78 is 0. The zero-order chi connectivity index (χ0) is 22.8. The summed E-state index contributed by atoms with van der Waals surface area (Å²) in [5, 5.41) is 10.7. The van der Waals surface area contributed by atoms with Crippen molar-refractivity contribution in [2.75, 3.05) is 0 Å². The molecule has 0 spiro atoms. The number of carbonyl (C=O) groups excluding carboxylic acids is 2. The lowest BCUT2D eigenvalue weighted by Gasteiger charge is -2.51. The van der Waals surface area contributed by atoms with Gasteiger partial charge in [-0.05, 0) is 48.7 Å². The van der Waals surface area contributed by atoms with E-state index in [1.165, 1.54) is 0 Å². The van der Waals surface area contributed by atoms with Crippen LogP contribution in [-0.2, 0) is 14.4 Å². The number of rotatable bonds is 7. The molecule has 0 saturated carbocycles. The fraction of sp³-hybridized carbons (Fsp3) is 0.375. The summed E-state index contributed by atoms with van der Waals surface area (Å²) in [6, 6.07) is 13.9. The topological polar surface area (TPSA) is 74.7 Å². The van der Waals surface area contributed by atoms with Gasteiger partial charge in [0.25, 0.3) is 0 Å². The van der Waals surface area contributed by atoms with Gasteiger partial charge in [-0.3, -0.25) is 9.59 Å². The third-order valence-corrected chi connectivity index (χ3v) is 6.53. The van der Waals surface area contributed by atoms with Crippen LogP contribution in [0.15, 0.2) is 48.5 Å². The molecule has 4 atom stereocenters. The summed E-state index contributed by atoms with van der Waals surface area (Å²) in [5.74, 6) is -1.51. The van der Waals surface area contributed by atoms with Crippen LogP contribution in [0.2, 0.25) is 10.0 Å². The van der Waals surface area contributed by atoms with E-state index >= 15 is 0 Å². The largest absolute Gasteiger partial charge is 0.481 e. The van der Waals surface area contributed by atoms with Crippen LogP contribution in [0.5, 0.6) is 0 Å². The second kappa shape index (κ2) is 9.41. The van der Waals surface area contributed by atoms with Gasteiger partial charge in [0.1, 0.15) is 6.29 Å². The van der Waals surface area contributed by atoms with Crippen molar-refractivity contribution >= 4 is 41.4 Å². The van der Waals surface area contributed by atoms with Gasteiger partial charge in [-0.15, -0.1) is 0 Å². The molecule has 31 heavy (non-hydrogen) atoms. The number of amides is 1. The zero-order valence-corrected chi connectivity index (χ0v) is 18.9. The van der Waals surface area contributed by atoms with Crippen molar-refractivity contribution < 1.29 is 19.5 Å². The first-order valence-electron chi connectivity index (χ1n) is 10.2. The molecule has 1 fully saturated rings. The van der Waals surface area contributed by atoms with Crippen LogP contribution in [0.1, 0.15) is 56.2 Å². The maximum Gasteiger partial charge on any atom is 0.304 e. The third-order valence-electron chi connectivity index (χ3n) is 6.04. The number of aliphatic carboxylic acids is 1. The number of hydrogen-bond donors (Lipinski definition) is 1. The van der Waals surface area contributed by atoms with Crippen LogP contribution in [0.25, 0.3) is 0 Å². The number of likely N-dealkylation sites (tertiary alicyclic amines) is 1. The van der Waals surface area contributed by atoms with Crippen molar-refractivity contribution in [2.24, 2.45) is 5.41 Å². The quantitative estimate of drug-likeness (QED) is 0.551. The van der Waals surface area contributed by atoms with Gasteiger partial charge in [-0.1, -0.05) is 54.4 Å². The van der Waals surface area contributed by atoms with E-state index < -0.39 is 17.4 Å². The molecule has 1 saturated heterocycles. The molecule has 5 nitrogen and oxygen atoms in total. The Kier molecular flexibility index (Phi) is 7.07. The summed E-state index contributed by atoms with van der Waals surface area (Å²) in [6.07, 6.45) is 0.992. The van der Waals surface area contributed by atoms with Crippen molar-refractivity contribution in [3.63, 3.8) is 0 Å². The average molecular weight is 462 g/mol. The maximum absolute atomic E-state index is 13.7. The minimum Gasteiger partial charge on any atom is -0.481 e. The van der Waals surface area contributed by atoms with Gasteiger partial charge in [-0.25, -0.2) is 0 Å². The van der Waals surface area contributed by atoms with E-state index in [4.69, 9.17) is 23.2 Å². The van der Waals surface area contributed by atoms with Crippen molar-refractivity contribution in [3.05, 3.63) is 69.7 Å². The minimum absolute atomic E-state index is 0.154. The molecule has 1 amide bonds. The molecule has 0 bridgehead atoms. The second-order valence-corrected chi connectivity index (χ2v) is 9.33. The maximum atomic E-state index is 13.7. The van der Waals surface area contributed by atoms with Gasteiger partial charge >= 0.3 is 5.97 Å². The molecule has 0 unspecified atom stereocenters. The van der Waals surface area contributed by atoms with Gasteiger partial charge in [0, 0.05) is 28.4 Å². The first kappa shape index (κ1) is 23.3. The number of carbonyl (C=O) groups is 3. The number of nitrogens with zero attached hydrogens (tertiary/aromatic N) is 1. The fourth-order valence-electron chi connectivity index (χ4n) is 4.62. The van der Waals surface area contributed by atoms with E-state index in [0.29, 0.717) is 16.5 Å². The van der Waals surface area contributed by atoms with Crippen molar-refractivity contribution in [3.8, 4) is 0 Å². The summed E-state index contributed by atoms with van der Waals surface area (Å²) in [5.41, 5.74) is 0.677. The van der Waals surface area contributed by atoms with E-state index in [1.54, 1.807) is 30.0 Å². The minimum atomic E-state index is -1.11. The van der Waals surface area contributed by atoms with Crippen LogP contribution >= 0.6 is 23.2 Å². The molecule has 2 aromatic carbocycles. The molecule has 1 heterocycles. The molecule has 0 radical (unpaired) electrons. The second-order valence-electron chi connectivity index (χ2n) is 8.46. The monoisotopic (exact) mass is 461 g/mol. The van der Waals surface area contributed by atoms with Crippen molar-refractivity contribution in [1.29, 1.82) is 0 Å². The Labute approximate surface area is 192 Å². The molecule has 164 valence electrons. The molecular weight excluding hydrogens is 437 g/mol. The van der Waals surface area contributed by atoms with Gasteiger partial charge < -0.3 is 14.8 Å². The SMILES string of the molecule is C[C@@H](CC=O)N1C(=O)[C@@](C)(CC(=O)O)C[C@H](c2cccc(Cl)c2)[C@H]1c1ccc(Cl)cc1. The summed E-state index contributed by atoms with van der Waals surface area (Å²) >= 11 is 12.4. The van der Waals surface area contributed by atoms with Gasteiger partial charge in [0.15, 0.2) is 0 Å². The highest BCUT2D eigenvalue weighted by molar-refractivity contribution is 6.30.